The molecule has 2 aliphatic heterocycles. The van der Waals surface area contributed by atoms with Gasteiger partial charge in [-0.05, 0) is 43.2 Å². The Bertz CT molecular complexity index is 922. The van der Waals surface area contributed by atoms with E-state index in [1.54, 1.807) is 0 Å². The van der Waals surface area contributed by atoms with Crippen molar-refractivity contribution in [1.82, 2.24) is 4.90 Å². The van der Waals surface area contributed by atoms with Crippen LogP contribution in [0.3, 0.4) is 0 Å². The number of likely N-dealkylation sites (tertiary alicyclic amines) is 1. The summed E-state index contributed by atoms with van der Waals surface area (Å²) in [5, 5.41) is 1.65. The van der Waals surface area contributed by atoms with Gasteiger partial charge in [-0.1, -0.05) is 23.7 Å². The maximum absolute atomic E-state index is 13.2. The fourth-order valence-electron chi connectivity index (χ4n) is 4.14. The van der Waals surface area contributed by atoms with E-state index in [4.69, 9.17) is 16.4 Å². The quantitative estimate of drug-likeness (QED) is 0.795. The van der Waals surface area contributed by atoms with Gasteiger partial charge >= 0.3 is 0 Å². The van der Waals surface area contributed by atoms with E-state index in [9.17, 15) is 9.00 Å². The summed E-state index contributed by atoms with van der Waals surface area (Å²) in [6.07, 6.45) is 3.41. The van der Waals surface area contributed by atoms with Crippen LogP contribution in [-0.2, 0) is 9.73 Å². The van der Waals surface area contributed by atoms with Crippen molar-refractivity contribution in [3.63, 3.8) is 0 Å². The molecule has 3 heterocycles. The molecule has 7 heteroatoms. The number of thiophene rings is 1. The number of carbonyl (C=O) groups excluding carboxylic acids is 1. The van der Waals surface area contributed by atoms with Crippen LogP contribution in [-0.4, -0.2) is 38.6 Å². The third-order valence-electron chi connectivity index (χ3n) is 5.17. The van der Waals surface area contributed by atoms with Crippen molar-refractivity contribution in [3.05, 3.63) is 34.2 Å². The first kappa shape index (κ1) is 16.4. The van der Waals surface area contributed by atoms with E-state index >= 15 is 0 Å². The lowest BCUT2D eigenvalue weighted by Crippen LogP contribution is -2.54. The van der Waals surface area contributed by atoms with Gasteiger partial charge in [0.25, 0.3) is 5.91 Å². The van der Waals surface area contributed by atoms with Gasteiger partial charge in [-0.3, -0.25) is 9.57 Å². The molecule has 128 valence electrons. The van der Waals surface area contributed by atoms with E-state index in [0.717, 1.165) is 35.8 Å². The highest BCUT2D eigenvalue weighted by Gasteiger charge is 2.47. The SMILES string of the molecule is N=S1(=O)CCCC2(CCCN2C(=O)c2cc3cccc(Cl)c3s2)C1. The third-order valence-corrected chi connectivity index (χ3v) is 8.72. The van der Waals surface area contributed by atoms with Gasteiger partial charge in [0.15, 0.2) is 0 Å². The normalized spacial score (nSPS) is 30.3. The van der Waals surface area contributed by atoms with Crippen LogP contribution < -0.4 is 0 Å². The van der Waals surface area contributed by atoms with E-state index in [1.165, 1.54) is 11.3 Å². The summed E-state index contributed by atoms with van der Waals surface area (Å²) in [5.74, 6) is 0.800. The van der Waals surface area contributed by atoms with Crippen molar-refractivity contribution >= 4 is 48.7 Å². The Morgan fingerprint density at radius 3 is 2.88 bits per heavy atom. The van der Waals surface area contributed by atoms with E-state index in [1.807, 2.05) is 29.2 Å². The molecule has 2 atom stereocenters. The fraction of sp³-hybridized carbons (Fsp3) is 0.471. The van der Waals surface area contributed by atoms with Gasteiger partial charge in [0.1, 0.15) is 0 Å². The highest BCUT2D eigenvalue weighted by molar-refractivity contribution is 7.92. The lowest BCUT2D eigenvalue weighted by atomic mass is 9.92. The van der Waals surface area contributed by atoms with Crippen molar-refractivity contribution < 1.29 is 9.00 Å². The number of nitrogens with zero attached hydrogens (tertiary/aromatic N) is 1. The molecular formula is C17H19ClN2O2S2. The molecule has 1 aromatic heterocycles. The van der Waals surface area contributed by atoms with Crippen LogP contribution in [0, 0.1) is 4.78 Å². The highest BCUT2D eigenvalue weighted by atomic mass is 35.5. The van der Waals surface area contributed by atoms with Crippen LogP contribution in [0.15, 0.2) is 24.3 Å². The number of nitrogens with one attached hydrogen (secondary N) is 1. The molecule has 2 saturated heterocycles. The topological polar surface area (TPSA) is 61.2 Å². The Morgan fingerprint density at radius 1 is 1.33 bits per heavy atom. The average Bonchev–Trinajstić information content (AvgIpc) is 3.11. The number of hydrogen-bond donors (Lipinski definition) is 1. The Morgan fingerprint density at radius 2 is 2.12 bits per heavy atom. The van der Waals surface area contributed by atoms with Crippen LogP contribution >= 0.6 is 22.9 Å². The Balaban J connectivity index is 1.71. The number of amides is 1. The maximum Gasteiger partial charge on any atom is 0.264 e. The average molecular weight is 383 g/mol. The van der Waals surface area contributed by atoms with Crippen LogP contribution in [0.5, 0.6) is 0 Å². The van der Waals surface area contributed by atoms with Crippen LogP contribution in [0.2, 0.25) is 5.02 Å². The number of fused-ring (bicyclic) bond motifs is 1. The minimum Gasteiger partial charge on any atom is -0.331 e. The molecule has 2 unspecified atom stereocenters. The second-order valence-corrected chi connectivity index (χ2v) is 10.6. The van der Waals surface area contributed by atoms with E-state index in [2.05, 4.69) is 0 Å². The molecule has 1 aromatic carbocycles. The van der Waals surface area contributed by atoms with Crippen LogP contribution in [0.4, 0.5) is 0 Å². The predicted molar refractivity (Wildman–Crippen MR) is 99.7 cm³/mol. The number of hydrogen-bond acceptors (Lipinski definition) is 4. The Hall–Kier alpha value is -1.11. The third kappa shape index (κ3) is 2.65. The first-order chi connectivity index (χ1) is 11.4. The van der Waals surface area contributed by atoms with E-state index in [-0.39, 0.29) is 11.4 Å². The number of halogens is 1. The zero-order valence-electron chi connectivity index (χ0n) is 13.2. The summed E-state index contributed by atoms with van der Waals surface area (Å²) in [5.41, 5.74) is -0.381. The van der Waals surface area contributed by atoms with Crippen molar-refractivity contribution in [1.29, 1.82) is 4.78 Å². The summed E-state index contributed by atoms with van der Waals surface area (Å²) < 4.78 is 21.3. The number of carbonyl (C=O) groups is 1. The molecule has 1 spiro atoms. The smallest absolute Gasteiger partial charge is 0.264 e. The van der Waals surface area contributed by atoms with E-state index in [0.29, 0.717) is 28.0 Å². The fourth-order valence-corrected chi connectivity index (χ4v) is 7.52. The number of rotatable bonds is 1. The summed E-state index contributed by atoms with van der Waals surface area (Å²) >= 11 is 7.66. The van der Waals surface area contributed by atoms with Crippen molar-refractivity contribution in [2.45, 2.75) is 31.2 Å². The minimum atomic E-state index is -2.57. The van der Waals surface area contributed by atoms with Gasteiger partial charge in [-0.25, -0.2) is 4.21 Å². The molecule has 1 N–H and O–H groups in total. The zero-order valence-corrected chi connectivity index (χ0v) is 15.6. The van der Waals surface area contributed by atoms with Crippen molar-refractivity contribution in [3.8, 4) is 0 Å². The molecule has 0 saturated carbocycles. The molecule has 2 aromatic rings. The second kappa shape index (κ2) is 5.71. The highest BCUT2D eigenvalue weighted by Crippen LogP contribution is 2.41. The molecule has 0 radical (unpaired) electrons. The standard InChI is InChI=1S/C17H19ClN2O2S2/c18-13-5-1-4-12-10-14(23-15(12)13)16(21)20-8-2-6-17(20)7-3-9-24(19,22)11-17/h1,4-5,10,19H,2-3,6-9,11H2. The molecular weight excluding hydrogens is 364 g/mol. The van der Waals surface area contributed by atoms with Gasteiger partial charge in [0.2, 0.25) is 0 Å². The summed E-state index contributed by atoms with van der Waals surface area (Å²) in [4.78, 5) is 15.7. The molecule has 0 bridgehead atoms. The van der Waals surface area contributed by atoms with Gasteiger partial charge in [0, 0.05) is 22.0 Å². The Labute approximate surface area is 150 Å². The molecule has 1 amide bonds. The molecule has 2 aliphatic rings. The maximum atomic E-state index is 13.2. The van der Waals surface area contributed by atoms with E-state index < -0.39 is 9.73 Å². The van der Waals surface area contributed by atoms with Crippen LogP contribution in [0.25, 0.3) is 10.1 Å². The molecule has 4 rings (SSSR count). The van der Waals surface area contributed by atoms with Gasteiger partial charge < -0.3 is 4.90 Å². The van der Waals surface area contributed by atoms with Gasteiger partial charge in [0.05, 0.1) is 25.9 Å². The molecule has 2 fully saturated rings. The second-order valence-electron chi connectivity index (χ2n) is 6.82. The lowest BCUT2D eigenvalue weighted by molar-refractivity contribution is 0.0614. The van der Waals surface area contributed by atoms with Crippen molar-refractivity contribution in [2.75, 3.05) is 18.1 Å². The zero-order chi connectivity index (χ0) is 16.9. The van der Waals surface area contributed by atoms with Gasteiger partial charge in [-0.2, -0.15) is 0 Å². The summed E-state index contributed by atoms with van der Waals surface area (Å²) in [6, 6.07) is 7.59. The summed E-state index contributed by atoms with van der Waals surface area (Å²) in [6.45, 7) is 0.691. The first-order valence-corrected chi connectivity index (χ1v) is 11.2. The van der Waals surface area contributed by atoms with Crippen LogP contribution in [0.1, 0.15) is 35.4 Å². The minimum absolute atomic E-state index is 0.00173. The summed E-state index contributed by atoms with van der Waals surface area (Å²) in [7, 11) is -2.57. The number of benzene rings is 1. The molecule has 0 aliphatic carbocycles. The van der Waals surface area contributed by atoms with Gasteiger partial charge in [-0.15, -0.1) is 11.3 Å². The lowest BCUT2D eigenvalue weighted by Gasteiger charge is -2.41. The molecule has 4 nitrogen and oxygen atoms in total. The first-order valence-electron chi connectivity index (χ1n) is 8.14. The largest absolute Gasteiger partial charge is 0.331 e. The monoisotopic (exact) mass is 382 g/mol. The Kier molecular flexibility index (Phi) is 3.90. The predicted octanol–water partition coefficient (Wildman–Crippen LogP) is 4.37. The van der Waals surface area contributed by atoms with Crippen molar-refractivity contribution in [2.24, 2.45) is 0 Å². The molecule has 24 heavy (non-hydrogen) atoms.